The minimum Gasteiger partial charge on any atom is -0.493 e. The standard InChI is InChI=1S/C22H21F2N3O3/c23-19-6-3-16(9-20(19)24)11-27-8-7-21(26-27)25-22(28)10-15-1-4-18(5-2-15)30-14-17-12-29-13-17/h1-9,17H,10-14H2,(H,25,26,28). The molecule has 1 N–H and O–H groups in total. The summed E-state index contributed by atoms with van der Waals surface area (Å²) in [6.07, 6.45) is 1.86. The van der Waals surface area contributed by atoms with Gasteiger partial charge in [-0.1, -0.05) is 18.2 Å². The highest BCUT2D eigenvalue weighted by Crippen LogP contribution is 2.17. The van der Waals surface area contributed by atoms with Crippen molar-refractivity contribution >= 4 is 11.7 Å². The van der Waals surface area contributed by atoms with Crippen molar-refractivity contribution in [2.24, 2.45) is 5.92 Å². The van der Waals surface area contributed by atoms with E-state index in [1.54, 1.807) is 16.9 Å². The lowest BCUT2D eigenvalue weighted by molar-refractivity contribution is -0.115. The van der Waals surface area contributed by atoms with Crippen LogP contribution in [0.4, 0.5) is 14.6 Å². The minimum atomic E-state index is -0.901. The van der Waals surface area contributed by atoms with Crippen molar-refractivity contribution in [3.8, 4) is 5.75 Å². The van der Waals surface area contributed by atoms with E-state index in [2.05, 4.69) is 10.4 Å². The quantitative estimate of drug-likeness (QED) is 0.615. The van der Waals surface area contributed by atoms with Crippen LogP contribution in [0.1, 0.15) is 11.1 Å². The number of nitrogens with one attached hydrogen (secondary N) is 1. The molecule has 4 rings (SSSR count). The van der Waals surface area contributed by atoms with Crippen LogP contribution in [0.25, 0.3) is 0 Å². The summed E-state index contributed by atoms with van der Waals surface area (Å²) in [5, 5.41) is 6.98. The second-order valence-electron chi connectivity index (χ2n) is 7.23. The van der Waals surface area contributed by atoms with Gasteiger partial charge < -0.3 is 14.8 Å². The Balaban J connectivity index is 1.27. The lowest BCUT2D eigenvalue weighted by Crippen LogP contribution is -2.32. The van der Waals surface area contributed by atoms with E-state index in [1.807, 2.05) is 24.3 Å². The summed E-state index contributed by atoms with van der Waals surface area (Å²) >= 11 is 0. The number of rotatable bonds is 8. The molecule has 1 saturated heterocycles. The van der Waals surface area contributed by atoms with Crippen molar-refractivity contribution < 1.29 is 23.0 Å². The minimum absolute atomic E-state index is 0.201. The summed E-state index contributed by atoms with van der Waals surface area (Å²) in [6.45, 7) is 2.39. The number of carbonyl (C=O) groups excluding carboxylic acids is 1. The summed E-state index contributed by atoms with van der Waals surface area (Å²) in [6, 6.07) is 12.8. The van der Waals surface area contributed by atoms with Gasteiger partial charge in [-0.05, 0) is 35.4 Å². The number of nitrogens with zero attached hydrogens (tertiary/aromatic N) is 2. The van der Waals surface area contributed by atoms with Crippen molar-refractivity contribution in [1.82, 2.24) is 9.78 Å². The van der Waals surface area contributed by atoms with Crippen LogP contribution in [0.5, 0.6) is 5.75 Å². The van der Waals surface area contributed by atoms with E-state index < -0.39 is 11.6 Å². The second kappa shape index (κ2) is 9.04. The molecule has 156 valence electrons. The summed E-state index contributed by atoms with van der Waals surface area (Å²) in [4.78, 5) is 12.3. The molecule has 0 aliphatic carbocycles. The fraction of sp³-hybridized carbons (Fsp3) is 0.273. The maximum absolute atomic E-state index is 13.3. The largest absolute Gasteiger partial charge is 0.493 e. The van der Waals surface area contributed by atoms with Crippen molar-refractivity contribution in [3.63, 3.8) is 0 Å². The van der Waals surface area contributed by atoms with Crippen LogP contribution in [0.3, 0.4) is 0 Å². The van der Waals surface area contributed by atoms with E-state index in [0.29, 0.717) is 23.9 Å². The second-order valence-corrected chi connectivity index (χ2v) is 7.23. The highest BCUT2D eigenvalue weighted by molar-refractivity contribution is 5.91. The molecule has 8 heteroatoms. The third kappa shape index (κ3) is 5.21. The Labute approximate surface area is 172 Å². The highest BCUT2D eigenvalue weighted by Gasteiger charge is 2.18. The average molecular weight is 413 g/mol. The van der Waals surface area contributed by atoms with Crippen LogP contribution in [0.2, 0.25) is 0 Å². The number of amides is 1. The van der Waals surface area contributed by atoms with Gasteiger partial charge in [0.1, 0.15) is 5.75 Å². The molecule has 0 unspecified atom stereocenters. The summed E-state index contributed by atoms with van der Waals surface area (Å²) in [5.41, 5.74) is 1.43. The zero-order valence-electron chi connectivity index (χ0n) is 16.2. The molecule has 0 bridgehead atoms. The smallest absolute Gasteiger partial charge is 0.229 e. The normalized spacial score (nSPS) is 13.7. The predicted octanol–water partition coefficient (Wildman–Crippen LogP) is 3.42. The van der Waals surface area contributed by atoms with Crippen molar-refractivity contribution in [1.29, 1.82) is 0 Å². The molecule has 0 atom stereocenters. The zero-order valence-corrected chi connectivity index (χ0v) is 16.2. The third-order valence-electron chi connectivity index (χ3n) is 4.72. The lowest BCUT2D eigenvalue weighted by atomic mass is 10.1. The molecule has 2 aromatic carbocycles. The van der Waals surface area contributed by atoms with Crippen LogP contribution in [0.15, 0.2) is 54.7 Å². The Bertz CT molecular complexity index is 1020. The van der Waals surface area contributed by atoms with Gasteiger partial charge in [0.25, 0.3) is 0 Å². The fourth-order valence-corrected chi connectivity index (χ4v) is 3.01. The number of aromatic nitrogens is 2. The molecule has 1 aliphatic rings. The molecule has 1 aromatic heterocycles. The molecule has 2 heterocycles. The average Bonchev–Trinajstić information content (AvgIpc) is 3.11. The molecule has 6 nitrogen and oxygen atoms in total. The monoisotopic (exact) mass is 413 g/mol. The van der Waals surface area contributed by atoms with E-state index in [-0.39, 0.29) is 18.9 Å². The van der Waals surface area contributed by atoms with E-state index >= 15 is 0 Å². The van der Waals surface area contributed by atoms with Crippen LogP contribution in [0, 0.1) is 17.6 Å². The first-order valence-electron chi connectivity index (χ1n) is 9.62. The van der Waals surface area contributed by atoms with Gasteiger partial charge in [0.2, 0.25) is 5.91 Å². The molecule has 1 aliphatic heterocycles. The fourth-order valence-electron chi connectivity index (χ4n) is 3.01. The van der Waals surface area contributed by atoms with Gasteiger partial charge in [0.15, 0.2) is 17.5 Å². The van der Waals surface area contributed by atoms with Gasteiger partial charge >= 0.3 is 0 Å². The first-order chi connectivity index (χ1) is 14.5. The summed E-state index contributed by atoms with van der Waals surface area (Å²) < 4.78 is 38.7. The highest BCUT2D eigenvalue weighted by atomic mass is 19.2. The number of hydrogen-bond acceptors (Lipinski definition) is 4. The van der Waals surface area contributed by atoms with E-state index in [0.717, 1.165) is 36.7 Å². The van der Waals surface area contributed by atoms with Crippen LogP contribution < -0.4 is 10.1 Å². The van der Waals surface area contributed by atoms with Gasteiger partial charge in [0, 0.05) is 18.2 Å². The van der Waals surface area contributed by atoms with Gasteiger partial charge in [-0.3, -0.25) is 9.48 Å². The number of ether oxygens (including phenoxy) is 2. The van der Waals surface area contributed by atoms with Crippen molar-refractivity contribution in [2.45, 2.75) is 13.0 Å². The van der Waals surface area contributed by atoms with Crippen molar-refractivity contribution in [3.05, 3.63) is 77.5 Å². The lowest BCUT2D eigenvalue weighted by Gasteiger charge is -2.25. The summed E-state index contributed by atoms with van der Waals surface area (Å²) in [7, 11) is 0. The molecule has 30 heavy (non-hydrogen) atoms. The zero-order chi connectivity index (χ0) is 20.9. The van der Waals surface area contributed by atoms with E-state index in [9.17, 15) is 13.6 Å². The Morgan fingerprint density at radius 2 is 1.87 bits per heavy atom. The molecule has 3 aromatic rings. The molecule has 0 radical (unpaired) electrons. The van der Waals surface area contributed by atoms with Gasteiger partial charge in [0.05, 0.1) is 32.8 Å². The van der Waals surface area contributed by atoms with Gasteiger partial charge in [-0.15, -0.1) is 0 Å². The van der Waals surface area contributed by atoms with E-state index in [4.69, 9.17) is 9.47 Å². The number of hydrogen-bond donors (Lipinski definition) is 1. The Hall–Kier alpha value is -3.26. The first kappa shape index (κ1) is 20.0. The number of halogens is 2. The SMILES string of the molecule is O=C(Cc1ccc(OCC2COC2)cc1)Nc1ccn(Cc2ccc(F)c(F)c2)n1. The van der Waals surface area contributed by atoms with Crippen molar-refractivity contribution in [2.75, 3.05) is 25.1 Å². The Morgan fingerprint density at radius 3 is 2.57 bits per heavy atom. The van der Waals surface area contributed by atoms with Crippen LogP contribution in [-0.4, -0.2) is 35.5 Å². The Morgan fingerprint density at radius 1 is 1.10 bits per heavy atom. The van der Waals surface area contributed by atoms with E-state index in [1.165, 1.54) is 6.07 Å². The first-order valence-corrected chi connectivity index (χ1v) is 9.62. The third-order valence-corrected chi connectivity index (χ3v) is 4.72. The molecule has 1 fully saturated rings. The van der Waals surface area contributed by atoms with Crippen LogP contribution in [-0.2, 0) is 22.5 Å². The maximum atomic E-state index is 13.3. The molecule has 1 amide bonds. The molecule has 0 spiro atoms. The van der Waals surface area contributed by atoms with Gasteiger partial charge in [-0.25, -0.2) is 8.78 Å². The van der Waals surface area contributed by atoms with Crippen LogP contribution >= 0.6 is 0 Å². The number of benzene rings is 2. The Kier molecular flexibility index (Phi) is 6.04. The molecular formula is C22H21F2N3O3. The number of carbonyl (C=O) groups is 1. The number of anilines is 1. The molecular weight excluding hydrogens is 392 g/mol. The topological polar surface area (TPSA) is 65.4 Å². The van der Waals surface area contributed by atoms with Gasteiger partial charge in [-0.2, -0.15) is 5.10 Å². The predicted molar refractivity (Wildman–Crippen MR) is 106 cm³/mol. The summed E-state index contributed by atoms with van der Waals surface area (Å²) in [5.74, 6) is -0.376. The maximum Gasteiger partial charge on any atom is 0.229 e. The molecule has 0 saturated carbocycles.